The predicted octanol–water partition coefficient (Wildman–Crippen LogP) is 1.93. The minimum Gasteiger partial charge on any atom is -0.352 e. The lowest BCUT2D eigenvalue weighted by molar-refractivity contribution is 0.0952. The molecule has 2 rings (SSSR count). The Morgan fingerprint density at radius 1 is 1.12 bits per heavy atom. The molecule has 1 aromatic rings. The molecule has 0 saturated carbocycles. The summed E-state index contributed by atoms with van der Waals surface area (Å²) in [5.41, 5.74) is 0.394. The van der Waals surface area contributed by atoms with Gasteiger partial charge in [-0.15, -0.1) is 0 Å². The van der Waals surface area contributed by atoms with Gasteiger partial charge < -0.3 is 10.2 Å². The highest BCUT2D eigenvalue weighted by Gasteiger charge is 2.27. The number of benzene rings is 1. The molecule has 1 aliphatic rings. The van der Waals surface area contributed by atoms with Crippen molar-refractivity contribution in [3.8, 4) is 0 Å². The van der Waals surface area contributed by atoms with E-state index in [2.05, 4.69) is 17.1 Å². The lowest BCUT2D eigenvalue weighted by atomic mass is 10.2. The molecule has 0 atom stereocenters. The number of hydrogen-bond donors (Lipinski definition) is 1. The first-order valence-electron chi connectivity index (χ1n) is 9.02. The van der Waals surface area contributed by atoms with Gasteiger partial charge in [-0.2, -0.15) is 4.31 Å². The second kappa shape index (κ2) is 9.31. The molecule has 1 saturated heterocycles. The molecule has 25 heavy (non-hydrogen) atoms. The molecule has 0 unspecified atom stereocenters. The third kappa shape index (κ3) is 5.52. The van der Waals surface area contributed by atoms with E-state index < -0.39 is 10.0 Å². The first kappa shape index (κ1) is 19.9. The molecular formula is C18H29N3O3S. The lowest BCUT2D eigenvalue weighted by Gasteiger charge is -2.31. The van der Waals surface area contributed by atoms with Gasteiger partial charge in [-0.05, 0) is 31.7 Å². The molecule has 0 radical (unpaired) electrons. The van der Waals surface area contributed by atoms with Crippen LogP contribution in [0.1, 0.15) is 43.0 Å². The average molecular weight is 368 g/mol. The third-order valence-electron chi connectivity index (χ3n) is 4.51. The number of nitrogens with one attached hydrogen (secondary N) is 1. The summed E-state index contributed by atoms with van der Waals surface area (Å²) in [5, 5.41) is 2.87. The molecule has 1 amide bonds. The van der Waals surface area contributed by atoms with E-state index in [0.29, 0.717) is 25.2 Å². The fraction of sp³-hybridized carbons (Fsp3) is 0.611. The highest BCUT2D eigenvalue weighted by atomic mass is 32.2. The van der Waals surface area contributed by atoms with Crippen LogP contribution in [0.2, 0.25) is 0 Å². The predicted molar refractivity (Wildman–Crippen MR) is 99.2 cm³/mol. The van der Waals surface area contributed by atoms with Gasteiger partial charge in [-0.3, -0.25) is 4.79 Å². The van der Waals surface area contributed by atoms with Crippen LogP contribution < -0.4 is 5.32 Å². The number of amides is 1. The van der Waals surface area contributed by atoms with Crippen molar-refractivity contribution in [2.24, 2.45) is 0 Å². The Bertz CT molecular complexity index is 668. The van der Waals surface area contributed by atoms with Crippen LogP contribution in [0, 0.1) is 0 Å². The van der Waals surface area contributed by atoms with Crippen molar-refractivity contribution in [3.05, 3.63) is 29.8 Å². The van der Waals surface area contributed by atoms with E-state index in [0.717, 1.165) is 38.8 Å². The molecule has 1 aliphatic heterocycles. The Kier molecular flexibility index (Phi) is 7.40. The van der Waals surface area contributed by atoms with Crippen molar-refractivity contribution in [1.29, 1.82) is 0 Å². The topological polar surface area (TPSA) is 69.7 Å². The summed E-state index contributed by atoms with van der Waals surface area (Å²) < 4.78 is 27.0. The van der Waals surface area contributed by atoms with Crippen molar-refractivity contribution < 1.29 is 13.2 Å². The zero-order valence-corrected chi connectivity index (χ0v) is 16.0. The number of likely N-dealkylation sites (N-methyl/N-ethyl adjacent to an activating group) is 1. The standard InChI is InChI=1S/C18H29N3O3S/c1-3-4-5-6-10-19-18(22)16-8-7-9-17(15-16)25(23,24)21-13-11-20(2)12-14-21/h7-9,15H,3-6,10-14H2,1-2H3,(H,19,22). The van der Waals surface area contributed by atoms with Crippen LogP contribution in [-0.2, 0) is 10.0 Å². The van der Waals surface area contributed by atoms with Crippen LogP contribution in [-0.4, -0.2) is 63.3 Å². The fourth-order valence-corrected chi connectivity index (χ4v) is 4.30. The van der Waals surface area contributed by atoms with E-state index >= 15 is 0 Å². The second-order valence-electron chi connectivity index (χ2n) is 6.55. The van der Waals surface area contributed by atoms with E-state index in [9.17, 15) is 13.2 Å². The normalized spacial score (nSPS) is 16.7. The van der Waals surface area contributed by atoms with Gasteiger partial charge >= 0.3 is 0 Å². The smallest absolute Gasteiger partial charge is 0.251 e. The number of hydrogen-bond acceptors (Lipinski definition) is 4. The van der Waals surface area contributed by atoms with E-state index in [1.807, 2.05) is 7.05 Å². The summed E-state index contributed by atoms with van der Waals surface area (Å²) in [6, 6.07) is 6.33. The summed E-state index contributed by atoms with van der Waals surface area (Å²) in [6.45, 7) is 5.16. The Labute approximate surface area is 151 Å². The number of nitrogens with zero attached hydrogens (tertiary/aromatic N) is 2. The van der Waals surface area contributed by atoms with Gasteiger partial charge in [0.25, 0.3) is 5.91 Å². The zero-order valence-electron chi connectivity index (χ0n) is 15.2. The lowest BCUT2D eigenvalue weighted by Crippen LogP contribution is -2.47. The van der Waals surface area contributed by atoms with E-state index in [-0.39, 0.29) is 10.8 Å². The third-order valence-corrected chi connectivity index (χ3v) is 6.41. The second-order valence-corrected chi connectivity index (χ2v) is 8.49. The van der Waals surface area contributed by atoms with Gasteiger partial charge in [-0.1, -0.05) is 32.3 Å². The molecule has 1 heterocycles. The van der Waals surface area contributed by atoms with Gasteiger partial charge in [-0.25, -0.2) is 8.42 Å². The maximum Gasteiger partial charge on any atom is 0.251 e. The Hall–Kier alpha value is -1.44. The van der Waals surface area contributed by atoms with Crippen molar-refractivity contribution >= 4 is 15.9 Å². The van der Waals surface area contributed by atoms with Gasteiger partial charge in [0.15, 0.2) is 0 Å². The largest absolute Gasteiger partial charge is 0.352 e. The molecule has 1 aromatic carbocycles. The molecule has 7 heteroatoms. The van der Waals surface area contributed by atoms with Crippen LogP contribution in [0.15, 0.2) is 29.2 Å². The summed E-state index contributed by atoms with van der Waals surface area (Å²) in [4.78, 5) is 14.5. The molecule has 0 aliphatic carbocycles. The molecule has 0 aromatic heterocycles. The molecule has 0 spiro atoms. The van der Waals surface area contributed by atoms with Crippen molar-refractivity contribution in [2.75, 3.05) is 39.8 Å². The average Bonchev–Trinajstić information content (AvgIpc) is 2.62. The maximum atomic E-state index is 12.8. The number of carbonyl (C=O) groups is 1. The Morgan fingerprint density at radius 2 is 1.84 bits per heavy atom. The van der Waals surface area contributed by atoms with Crippen LogP contribution in [0.5, 0.6) is 0 Å². The van der Waals surface area contributed by atoms with E-state index in [4.69, 9.17) is 0 Å². The number of sulfonamides is 1. The molecule has 1 N–H and O–H groups in total. The minimum absolute atomic E-state index is 0.190. The number of piperazine rings is 1. The van der Waals surface area contributed by atoms with Gasteiger partial charge in [0.2, 0.25) is 10.0 Å². The van der Waals surface area contributed by atoms with Gasteiger partial charge in [0.05, 0.1) is 4.90 Å². The quantitative estimate of drug-likeness (QED) is 0.713. The molecule has 6 nitrogen and oxygen atoms in total. The van der Waals surface area contributed by atoms with E-state index in [1.165, 1.54) is 10.4 Å². The van der Waals surface area contributed by atoms with Crippen LogP contribution in [0.4, 0.5) is 0 Å². The highest BCUT2D eigenvalue weighted by Crippen LogP contribution is 2.18. The molecule has 1 fully saturated rings. The van der Waals surface area contributed by atoms with Crippen LogP contribution in [0.3, 0.4) is 0 Å². The Morgan fingerprint density at radius 3 is 2.52 bits per heavy atom. The summed E-state index contributed by atoms with van der Waals surface area (Å²) in [6.07, 6.45) is 4.35. The van der Waals surface area contributed by atoms with Crippen molar-refractivity contribution in [2.45, 2.75) is 37.5 Å². The summed E-state index contributed by atoms with van der Waals surface area (Å²) in [7, 11) is -1.57. The van der Waals surface area contributed by atoms with Crippen LogP contribution in [0.25, 0.3) is 0 Å². The molecule has 0 bridgehead atoms. The SMILES string of the molecule is CCCCCCNC(=O)c1cccc(S(=O)(=O)N2CCN(C)CC2)c1. The number of unbranched alkanes of at least 4 members (excludes halogenated alkanes) is 3. The number of carbonyl (C=O) groups excluding carboxylic acids is 1. The minimum atomic E-state index is -3.55. The van der Waals surface area contributed by atoms with Crippen LogP contribution >= 0.6 is 0 Å². The number of rotatable bonds is 8. The first-order valence-corrected chi connectivity index (χ1v) is 10.5. The fourth-order valence-electron chi connectivity index (χ4n) is 2.83. The Balaban J connectivity index is 2.01. The molecular weight excluding hydrogens is 338 g/mol. The van der Waals surface area contributed by atoms with Crippen molar-refractivity contribution in [3.63, 3.8) is 0 Å². The highest BCUT2D eigenvalue weighted by molar-refractivity contribution is 7.89. The zero-order chi connectivity index (χ0) is 18.3. The summed E-state index contributed by atoms with van der Waals surface area (Å²) >= 11 is 0. The maximum absolute atomic E-state index is 12.8. The van der Waals surface area contributed by atoms with Gasteiger partial charge in [0, 0.05) is 38.3 Å². The monoisotopic (exact) mass is 367 g/mol. The first-order chi connectivity index (χ1) is 11.9. The molecule has 140 valence electrons. The van der Waals surface area contributed by atoms with Crippen molar-refractivity contribution in [1.82, 2.24) is 14.5 Å². The van der Waals surface area contributed by atoms with Gasteiger partial charge in [0.1, 0.15) is 0 Å². The van der Waals surface area contributed by atoms with E-state index in [1.54, 1.807) is 18.2 Å². The summed E-state index contributed by atoms with van der Waals surface area (Å²) in [5.74, 6) is -0.216.